The Morgan fingerprint density at radius 1 is 1.64 bits per heavy atom. The summed E-state index contributed by atoms with van der Waals surface area (Å²) in [6.45, 7) is 1.56. The molecule has 1 aliphatic rings. The molecule has 0 radical (unpaired) electrons. The fourth-order valence-corrected chi connectivity index (χ4v) is 1.56. The van der Waals surface area contributed by atoms with Crippen LogP contribution in [0.25, 0.3) is 0 Å². The monoisotopic (exact) mass is 214 g/mol. The molecule has 0 unspecified atom stereocenters. The van der Waals surface area contributed by atoms with Gasteiger partial charge in [-0.1, -0.05) is 11.6 Å². The molecule has 2 heterocycles. The second-order valence-electron chi connectivity index (χ2n) is 3.19. The molecule has 6 heteroatoms. The van der Waals surface area contributed by atoms with Gasteiger partial charge < -0.3 is 15.4 Å². The summed E-state index contributed by atoms with van der Waals surface area (Å²) in [6.07, 6.45) is 1.53. The number of halogens is 1. The SMILES string of the molecule is COc1ncc(Cl)c(N2CC(N)C2)n1. The normalized spacial score (nSPS) is 16.6. The third-order valence-corrected chi connectivity index (χ3v) is 2.36. The van der Waals surface area contributed by atoms with E-state index in [0.29, 0.717) is 16.9 Å². The number of nitrogens with two attached hydrogens (primary N) is 1. The van der Waals surface area contributed by atoms with Crippen molar-refractivity contribution >= 4 is 17.4 Å². The highest BCUT2D eigenvalue weighted by molar-refractivity contribution is 6.32. The van der Waals surface area contributed by atoms with Crippen LogP contribution in [0.15, 0.2) is 6.20 Å². The molecule has 1 aliphatic heterocycles. The van der Waals surface area contributed by atoms with Crippen LogP contribution in [0.1, 0.15) is 0 Å². The Morgan fingerprint density at radius 2 is 2.36 bits per heavy atom. The van der Waals surface area contributed by atoms with E-state index in [2.05, 4.69) is 9.97 Å². The highest BCUT2D eigenvalue weighted by Gasteiger charge is 2.26. The summed E-state index contributed by atoms with van der Waals surface area (Å²) < 4.78 is 4.92. The zero-order chi connectivity index (χ0) is 10.1. The van der Waals surface area contributed by atoms with Gasteiger partial charge >= 0.3 is 6.01 Å². The first-order valence-electron chi connectivity index (χ1n) is 4.27. The van der Waals surface area contributed by atoms with Gasteiger partial charge in [0.1, 0.15) is 5.02 Å². The van der Waals surface area contributed by atoms with Gasteiger partial charge in [-0.15, -0.1) is 0 Å². The first kappa shape index (κ1) is 9.48. The van der Waals surface area contributed by atoms with E-state index >= 15 is 0 Å². The Bertz CT molecular complexity index is 340. The zero-order valence-electron chi connectivity index (χ0n) is 7.77. The minimum Gasteiger partial charge on any atom is -0.467 e. The predicted molar refractivity (Wildman–Crippen MR) is 53.8 cm³/mol. The van der Waals surface area contributed by atoms with Gasteiger partial charge in [0.2, 0.25) is 0 Å². The molecule has 2 rings (SSSR count). The van der Waals surface area contributed by atoms with E-state index in [1.165, 1.54) is 13.3 Å². The highest BCUT2D eigenvalue weighted by Crippen LogP contribution is 2.27. The third kappa shape index (κ3) is 1.60. The molecule has 1 aromatic rings. The van der Waals surface area contributed by atoms with Gasteiger partial charge in [-0.2, -0.15) is 4.98 Å². The molecule has 0 aromatic carbocycles. The fourth-order valence-electron chi connectivity index (χ4n) is 1.35. The Morgan fingerprint density at radius 3 is 2.93 bits per heavy atom. The zero-order valence-corrected chi connectivity index (χ0v) is 8.53. The van der Waals surface area contributed by atoms with Crippen LogP contribution >= 0.6 is 11.6 Å². The maximum atomic E-state index is 5.95. The molecular formula is C8H11ClN4O. The smallest absolute Gasteiger partial charge is 0.318 e. The lowest BCUT2D eigenvalue weighted by Gasteiger charge is -2.38. The number of aromatic nitrogens is 2. The van der Waals surface area contributed by atoms with Crippen molar-refractivity contribution in [3.05, 3.63) is 11.2 Å². The Hall–Kier alpha value is -1.07. The molecule has 0 amide bonds. The molecular weight excluding hydrogens is 204 g/mol. The standard InChI is InChI=1S/C8H11ClN4O/c1-14-8-11-2-6(9)7(12-8)13-3-5(10)4-13/h2,5H,3-4,10H2,1H3. The Labute approximate surface area is 86.8 Å². The van der Waals surface area contributed by atoms with Crippen molar-refractivity contribution in [2.75, 3.05) is 25.1 Å². The van der Waals surface area contributed by atoms with Crippen molar-refractivity contribution < 1.29 is 4.74 Å². The minimum atomic E-state index is 0.215. The number of hydrogen-bond donors (Lipinski definition) is 1. The van der Waals surface area contributed by atoms with E-state index in [1.54, 1.807) is 0 Å². The quantitative estimate of drug-likeness (QED) is 0.767. The van der Waals surface area contributed by atoms with Crippen molar-refractivity contribution in [3.63, 3.8) is 0 Å². The summed E-state index contributed by atoms with van der Waals surface area (Å²) in [4.78, 5) is 10.0. The molecule has 76 valence electrons. The third-order valence-electron chi connectivity index (χ3n) is 2.10. The first-order chi connectivity index (χ1) is 6.70. The lowest BCUT2D eigenvalue weighted by molar-refractivity contribution is 0.378. The number of rotatable bonds is 2. The molecule has 2 N–H and O–H groups in total. The van der Waals surface area contributed by atoms with Gasteiger partial charge in [0, 0.05) is 19.1 Å². The topological polar surface area (TPSA) is 64.3 Å². The number of methoxy groups -OCH3 is 1. The molecule has 1 saturated heterocycles. The highest BCUT2D eigenvalue weighted by atomic mass is 35.5. The molecule has 0 spiro atoms. The maximum Gasteiger partial charge on any atom is 0.318 e. The number of hydrogen-bond acceptors (Lipinski definition) is 5. The van der Waals surface area contributed by atoms with E-state index in [-0.39, 0.29) is 6.04 Å². The summed E-state index contributed by atoms with van der Waals surface area (Å²) in [6, 6.07) is 0.539. The van der Waals surface area contributed by atoms with Gasteiger partial charge in [0.05, 0.1) is 13.3 Å². The molecule has 0 aliphatic carbocycles. The van der Waals surface area contributed by atoms with Crippen molar-refractivity contribution in [1.29, 1.82) is 0 Å². The van der Waals surface area contributed by atoms with E-state index < -0.39 is 0 Å². The first-order valence-corrected chi connectivity index (χ1v) is 4.65. The molecule has 1 fully saturated rings. The number of nitrogens with zero attached hydrogens (tertiary/aromatic N) is 3. The van der Waals surface area contributed by atoms with Crippen LogP contribution in [0.2, 0.25) is 5.02 Å². The second kappa shape index (κ2) is 3.59. The largest absolute Gasteiger partial charge is 0.467 e. The average Bonchev–Trinajstić information content (AvgIpc) is 2.14. The van der Waals surface area contributed by atoms with Gasteiger partial charge in [-0.25, -0.2) is 4.98 Å². The Kier molecular flexibility index (Phi) is 2.43. The van der Waals surface area contributed by atoms with Gasteiger partial charge in [-0.05, 0) is 0 Å². The van der Waals surface area contributed by atoms with E-state index in [4.69, 9.17) is 22.1 Å². The molecule has 1 aromatic heterocycles. The molecule has 14 heavy (non-hydrogen) atoms. The van der Waals surface area contributed by atoms with Crippen LogP contribution in [0.5, 0.6) is 6.01 Å². The molecule has 5 nitrogen and oxygen atoms in total. The van der Waals surface area contributed by atoms with Crippen LogP contribution in [-0.2, 0) is 0 Å². The summed E-state index contributed by atoms with van der Waals surface area (Å²) in [7, 11) is 1.52. The predicted octanol–water partition coefficient (Wildman–Crippen LogP) is 0.286. The second-order valence-corrected chi connectivity index (χ2v) is 3.60. The van der Waals surface area contributed by atoms with Crippen molar-refractivity contribution in [1.82, 2.24) is 9.97 Å². The maximum absolute atomic E-state index is 5.95. The van der Waals surface area contributed by atoms with Crippen LogP contribution in [-0.4, -0.2) is 36.2 Å². The lowest BCUT2D eigenvalue weighted by atomic mass is 10.1. The summed E-state index contributed by atoms with van der Waals surface area (Å²) in [5, 5.41) is 0.526. The summed E-state index contributed by atoms with van der Waals surface area (Å²) in [5.41, 5.74) is 5.67. The Balaban J connectivity index is 2.23. The number of anilines is 1. The van der Waals surface area contributed by atoms with E-state index in [1.807, 2.05) is 4.90 Å². The lowest BCUT2D eigenvalue weighted by Crippen LogP contribution is -2.56. The van der Waals surface area contributed by atoms with Crippen LogP contribution in [0.3, 0.4) is 0 Å². The van der Waals surface area contributed by atoms with Crippen LogP contribution < -0.4 is 15.4 Å². The van der Waals surface area contributed by atoms with E-state index in [0.717, 1.165) is 13.1 Å². The van der Waals surface area contributed by atoms with Gasteiger partial charge in [0.15, 0.2) is 5.82 Å². The fraction of sp³-hybridized carbons (Fsp3) is 0.500. The molecule has 0 atom stereocenters. The minimum absolute atomic E-state index is 0.215. The van der Waals surface area contributed by atoms with E-state index in [9.17, 15) is 0 Å². The summed E-state index contributed by atoms with van der Waals surface area (Å²) in [5.74, 6) is 0.695. The number of ether oxygens (including phenoxy) is 1. The molecule has 0 bridgehead atoms. The summed E-state index contributed by atoms with van der Waals surface area (Å²) >= 11 is 5.95. The van der Waals surface area contributed by atoms with Crippen LogP contribution in [0, 0.1) is 0 Å². The van der Waals surface area contributed by atoms with Crippen molar-refractivity contribution in [2.45, 2.75) is 6.04 Å². The molecule has 0 saturated carbocycles. The van der Waals surface area contributed by atoms with Crippen LogP contribution in [0.4, 0.5) is 5.82 Å². The van der Waals surface area contributed by atoms with Gasteiger partial charge in [-0.3, -0.25) is 0 Å². The van der Waals surface area contributed by atoms with Gasteiger partial charge in [0.25, 0.3) is 0 Å². The van der Waals surface area contributed by atoms with Crippen molar-refractivity contribution in [3.8, 4) is 6.01 Å². The average molecular weight is 215 g/mol. The van der Waals surface area contributed by atoms with Crippen molar-refractivity contribution in [2.24, 2.45) is 5.73 Å².